The van der Waals surface area contributed by atoms with Gasteiger partial charge in [0, 0.05) is 12.6 Å². The average molecular weight is 271 g/mol. The van der Waals surface area contributed by atoms with E-state index in [-0.39, 0.29) is 11.7 Å². The van der Waals surface area contributed by atoms with E-state index >= 15 is 0 Å². The van der Waals surface area contributed by atoms with Crippen molar-refractivity contribution in [3.63, 3.8) is 0 Å². The normalized spacial score (nSPS) is 12.2. The summed E-state index contributed by atoms with van der Waals surface area (Å²) < 4.78 is 0. The Kier molecular flexibility index (Phi) is 6.90. The predicted octanol–water partition coefficient (Wildman–Crippen LogP) is 3.13. The van der Waals surface area contributed by atoms with Crippen LogP contribution >= 0.6 is 0 Å². The lowest BCUT2D eigenvalue weighted by Crippen LogP contribution is -2.23. The number of hydrogen-bond donors (Lipinski definition) is 2. The molecule has 1 amide bonds. The predicted molar refractivity (Wildman–Crippen MR) is 82.5 cm³/mol. The van der Waals surface area contributed by atoms with E-state index in [0.717, 1.165) is 17.6 Å². The van der Waals surface area contributed by atoms with Crippen molar-refractivity contribution in [3.05, 3.63) is 65.8 Å². The lowest BCUT2D eigenvalue weighted by molar-refractivity contribution is -0.116. The van der Waals surface area contributed by atoms with Crippen LogP contribution in [0.15, 0.2) is 60.2 Å². The summed E-state index contributed by atoms with van der Waals surface area (Å²) >= 11 is 0. The molecule has 0 aromatic heterocycles. The quantitative estimate of drug-likeness (QED) is 0.617. The van der Waals surface area contributed by atoms with Crippen molar-refractivity contribution in [3.8, 4) is 5.75 Å². The monoisotopic (exact) mass is 271 g/mol. The summed E-state index contributed by atoms with van der Waals surface area (Å²) in [6, 6.07) is 6.99. The Labute approximate surface area is 120 Å². The molecule has 0 saturated carbocycles. The van der Waals surface area contributed by atoms with Crippen LogP contribution in [0.4, 0.5) is 0 Å². The Balaban J connectivity index is 2.36. The highest BCUT2D eigenvalue weighted by Crippen LogP contribution is 2.09. The molecule has 0 saturated heterocycles. The number of hydrogen-bond acceptors (Lipinski definition) is 2. The van der Waals surface area contributed by atoms with Crippen LogP contribution in [0.25, 0.3) is 0 Å². The molecule has 0 aliphatic heterocycles. The minimum absolute atomic E-state index is 0.104. The fraction of sp³-hybridized carbons (Fsp3) is 0.235. The molecule has 1 rings (SSSR count). The molecule has 1 aromatic carbocycles. The average Bonchev–Trinajstić information content (AvgIpc) is 2.45. The first-order chi connectivity index (χ1) is 9.65. The molecule has 3 nitrogen and oxygen atoms in total. The van der Waals surface area contributed by atoms with Gasteiger partial charge in [-0.1, -0.05) is 30.4 Å². The van der Waals surface area contributed by atoms with Crippen LogP contribution in [0.3, 0.4) is 0 Å². The zero-order valence-electron chi connectivity index (χ0n) is 12.0. The van der Waals surface area contributed by atoms with Crippen LogP contribution in [0.1, 0.15) is 19.4 Å². The van der Waals surface area contributed by atoms with Crippen LogP contribution in [0.2, 0.25) is 0 Å². The fourth-order valence-corrected chi connectivity index (χ4v) is 1.66. The largest absolute Gasteiger partial charge is 0.508 e. The van der Waals surface area contributed by atoms with Crippen LogP contribution in [-0.4, -0.2) is 17.6 Å². The molecule has 0 fully saturated rings. The number of aromatic hydroxyl groups is 1. The molecular formula is C17H21NO2. The highest BCUT2D eigenvalue weighted by molar-refractivity contribution is 5.88. The molecule has 1 aromatic rings. The van der Waals surface area contributed by atoms with Gasteiger partial charge < -0.3 is 10.4 Å². The molecule has 0 heterocycles. The Morgan fingerprint density at radius 2 is 1.85 bits per heavy atom. The minimum atomic E-state index is -0.104. The Bertz CT molecular complexity index is 510. The summed E-state index contributed by atoms with van der Waals surface area (Å²) in [5, 5.41) is 12.0. The number of phenolic OH excluding ortho intramolecular Hbond substituents is 1. The van der Waals surface area contributed by atoms with Gasteiger partial charge in [-0.25, -0.2) is 0 Å². The number of benzene rings is 1. The number of nitrogens with one attached hydrogen (secondary N) is 1. The third-order valence-electron chi connectivity index (χ3n) is 2.77. The van der Waals surface area contributed by atoms with Gasteiger partial charge in [-0.3, -0.25) is 4.79 Å². The second kappa shape index (κ2) is 8.75. The molecule has 0 bridgehead atoms. The first-order valence-corrected chi connectivity index (χ1v) is 6.68. The minimum Gasteiger partial charge on any atom is -0.508 e. The molecule has 0 spiro atoms. The first-order valence-electron chi connectivity index (χ1n) is 6.68. The molecular weight excluding hydrogens is 250 g/mol. The maximum atomic E-state index is 11.6. The van der Waals surface area contributed by atoms with E-state index in [1.165, 1.54) is 6.08 Å². The van der Waals surface area contributed by atoms with Gasteiger partial charge in [0.15, 0.2) is 0 Å². The van der Waals surface area contributed by atoms with Gasteiger partial charge in [0.05, 0.1) is 0 Å². The van der Waals surface area contributed by atoms with Crippen molar-refractivity contribution in [2.45, 2.75) is 20.3 Å². The third-order valence-corrected chi connectivity index (χ3v) is 2.77. The van der Waals surface area contributed by atoms with Gasteiger partial charge in [-0.15, -0.1) is 0 Å². The van der Waals surface area contributed by atoms with Gasteiger partial charge in [-0.2, -0.15) is 0 Å². The lowest BCUT2D eigenvalue weighted by atomic mass is 10.1. The summed E-state index contributed by atoms with van der Waals surface area (Å²) in [7, 11) is 0. The summed E-state index contributed by atoms with van der Waals surface area (Å²) in [6.45, 7) is 4.44. The summed E-state index contributed by atoms with van der Waals surface area (Å²) in [4.78, 5) is 11.6. The summed E-state index contributed by atoms with van der Waals surface area (Å²) in [5.41, 5.74) is 2.08. The maximum Gasteiger partial charge on any atom is 0.244 e. The van der Waals surface area contributed by atoms with E-state index in [2.05, 4.69) is 5.32 Å². The van der Waals surface area contributed by atoms with Crippen molar-refractivity contribution in [2.24, 2.45) is 0 Å². The maximum absolute atomic E-state index is 11.6. The van der Waals surface area contributed by atoms with Crippen LogP contribution in [0, 0.1) is 0 Å². The van der Waals surface area contributed by atoms with E-state index in [1.807, 2.05) is 44.2 Å². The Morgan fingerprint density at radius 3 is 2.45 bits per heavy atom. The van der Waals surface area contributed by atoms with Crippen molar-refractivity contribution in [2.75, 3.05) is 6.54 Å². The van der Waals surface area contributed by atoms with E-state index in [0.29, 0.717) is 6.54 Å². The van der Waals surface area contributed by atoms with E-state index < -0.39 is 0 Å². The van der Waals surface area contributed by atoms with E-state index in [1.54, 1.807) is 18.2 Å². The smallest absolute Gasteiger partial charge is 0.244 e. The molecule has 0 atom stereocenters. The van der Waals surface area contributed by atoms with Gasteiger partial charge in [0.1, 0.15) is 5.75 Å². The summed E-state index contributed by atoms with van der Waals surface area (Å²) in [5.74, 6) is 0.149. The number of amides is 1. The highest BCUT2D eigenvalue weighted by Gasteiger charge is 1.97. The van der Waals surface area contributed by atoms with Gasteiger partial charge in [0.2, 0.25) is 5.91 Å². The van der Waals surface area contributed by atoms with Crippen LogP contribution < -0.4 is 5.32 Å². The molecule has 0 unspecified atom stereocenters. The number of allylic oxidation sites excluding steroid dienone is 5. The number of carbonyl (C=O) groups excluding carboxylic acids is 1. The molecule has 3 heteroatoms. The standard InChI is InChI=1S/C17H21NO2/c1-3-5-14(4-2)8-11-17(20)18-13-12-15-6-9-16(19)10-7-15/h3-11,19H,12-13H2,1-2H3,(H,18,20)/b5-3-,11-8+,14-4+. The molecule has 2 N–H and O–H groups in total. The number of phenols is 1. The van der Waals surface area contributed by atoms with Crippen molar-refractivity contribution < 1.29 is 9.90 Å². The number of carbonyl (C=O) groups is 1. The summed E-state index contributed by atoms with van der Waals surface area (Å²) in [6.07, 6.45) is 9.89. The zero-order valence-corrected chi connectivity index (χ0v) is 12.0. The van der Waals surface area contributed by atoms with Gasteiger partial charge >= 0.3 is 0 Å². The van der Waals surface area contributed by atoms with Crippen LogP contribution in [0.5, 0.6) is 5.75 Å². The van der Waals surface area contributed by atoms with Crippen molar-refractivity contribution in [1.82, 2.24) is 5.32 Å². The zero-order chi connectivity index (χ0) is 14.8. The Hall–Kier alpha value is -2.29. The van der Waals surface area contributed by atoms with E-state index in [4.69, 9.17) is 5.11 Å². The molecule has 106 valence electrons. The van der Waals surface area contributed by atoms with Gasteiger partial charge in [-0.05, 0) is 49.6 Å². The topological polar surface area (TPSA) is 49.3 Å². The molecule has 0 radical (unpaired) electrons. The fourth-order valence-electron chi connectivity index (χ4n) is 1.66. The van der Waals surface area contributed by atoms with Crippen molar-refractivity contribution >= 4 is 5.91 Å². The van der Waals surface area contributed by atoms with Gasteiger partial charge in [0.25, 0.3) is 0 Å². The second-order valence-corrected chi connectivity index (χ2v) is 4.33. The van der Waals surface area contributed by atoms with E-state index in [9.17, 15) is 4.79 Å². The van der Waals surface area contributed by atoms with Crippen molar-refractivity contribution in [1.29, 1.82) is 0 Å². The molecule has 0 aliphatic rings. The highest BCUT2D eigenvalue weighted by atomic mass is 16.3. The van der Waals surface area contributed by atoms with Crippen LogP contribution in [-0.2, 0) is 11.2 Å². The first kappa shape index (κ1) is 15.8. The lowest BCUT2D eigenvalue weighted by Gasteiger charge is -2.03. The SMILES string of the molecule is C\C=C/C(/C=C/C(=O)NCCc1ccc(O)cc1)=C\C. The number of rotatable bonds is 6. The third kappa shape index (κ3) is 6.05. The Morgan fingerprint density at radius 1 is 1.15 bits per heavy atom. The second-order valence-electron chi connectivity index (χ2n) is 4.33. The molecule has 0 aliphatic carbocycles. The molecule has 20 heavy (non-hydrogen) atoms.